The number of aliphatic hydroxyl groups excluding tert-OH is 2. The lowest BCUT2D eigenvalue weighted by Gasteiger charge is -2.32. The third-order valence-corrected chi connectivity index (χ3v) is 5.44. The molecule has 0 aromatic heterocycles. The van der Waals surface area contributed by atoms with Crippen LogP contribution in [-0.4, -0.2) is 75.0 Å². The number of benzene rings is 2. The highest BCUT2D eigenvalue weighted by molar-refractivity contribution is 5.87. The van der Waals surface area contributed by atoms with Crippen LogP contribution in [0.3, 0.4) is 0 Å². The molecule has 0 saturated carbocycles. The van der Waals surface area contributed by atoms with Gasteiger partial charge in [0.1, 0.15) is 50.1 Å². The predicted molar refractivity (Wildman–Crippen MR) is 142 cm³/mol. The Morgan fingerprint density at radius 3 is 1.31 bits per heavy atom. The van der Waals surface area contributed by atoms with Crippen molar-refractivity contribution in [2.24, 2.45) is 0 Å². The monoisotopic (exact) mass is 544 g/mol. The Morgan fingerprint density at radius 2 is 1.03 bits per heavy atom. The Kier molecular flexibility index (Phi) is 12.1. The molecule has 212 valence electrons. The summed E-state index contributed by atoms with van der Waals surface area (Å²) in [6.45, 7) is 9.46. The van der Waals surface area contributed by atoms with Gasteiger partial charge in [0.2, 0.25) is 5.79 Å². The van der Waals surface area contributed by atoms with Gasteiger partial charge in [0, 0.05) is 36.5 Å². The second kappa shape index (κ2) is 15.0. The minimum atomic E-state index is -1.23. The largest absolute Gasteiger partial charge is 0.491 e. The van der Waals surface area contributed by atoms with E-state index in [4.69, 9.17) is 28.4 Å². The maximum atomic E-state index is 11.4. The average Bonchev–Trinajstić information content (AvgIpc) is 2.94. The summed E-state index contributed by atoms with van der Waals surface area (Å²) in [4.78, 5) is 22.9. The zero-order valence-corrected chi connectivity index (χ0v) is 22.7. The Bertz CT molecular complexity index is 1020. The number of carbonyl (C=O) groups excluding carboxylic acids is 2. The van der Waals surface area contributed by atoms with Crippen LogP contribution in [0.15, 0.2) is 72.8 Å². The molecule has 0 aliphatic heterocycles. The first-order chi connectivity index (χ1) is 18.5. The van der Waals surface area contributed by atoms with Crippen molar-refractivity contribution in [1.29, 1.82) is 0 Å². The number of methoxy groups -OCH3 is 2. The summed E-state index contributed by atoms with van der Waals surface area (Å²) < 4.78 is 32.6. The average molecular weight is 545 g/mol. The highest BCUT2D eigenvalue weighted by atomic mass is 16.7. The minimum Gasteiger partial charge on any atom is -0.491 e. The standard InChI is InChI=1S/C29H36O10/c1-19(2)27(32)38-17-23(30)15-36-25-11-7-21(8-12-25)29(34-5,35-6)22-9-13-26(14-10-22)37-16-24(31)18-39-28(33)20(3)4/h7-14,23-24,30-31H,1,3,15-18H2,2,4-6H3. The number of aliphatic hydroxyl groups is 2. The fourth-order valence-electron chi connectivity index (χ4n) is 3.33. The molecule has 10 nitrogen and oxygen atoms in total. The molecular formula is C29H36O10. The third kappa shape index (κ3) is 9.22. The highest BCUT2D eigenvalue weighted by Gasteiger charge is 2.34. The summed E-state index contributed by atoms with van der Waals surface area (Å²) >= 11 is 0. The number of carbonyl (C=O) groups is 2. The van der Waals surface area contributed by atoms with Gasteiger partial charge in [0.05, 0.1) is 0 Å². The Labute approximate surface area is 228 Å². The molecule has 0 fully saturated rings. The van der Waals surface area contributed by atoms with Gasteiger partial charge < -0.3 is 38.6 Å². The first-order valence-electron chi connectivity index (χ1n) is 12.1. The molecule has 2 aromatic carbocycles. The smallest absolute Gasteiger partial charge is 0.333 e. The Balaban J connectivity index is 1.99. The number of ether oxygens (including phenoxy) is 6. The van der Waals surface area contributed by atoms with Crippen molar-refractivity contribution < 1.29 is 48.2 Å². The van der Waals surface area contributed by atoms with E-state index in [9.17, 15) is 19.8 Å². The maximum Gasteiger partial charge on any atom is 0.333 e. The molecule has 2 aromatic rings. The van der Waals surface area contributed by atoms with Gasteiger partial charge in [-0.3, -0.25) is 0 Å². The van der Waals surface area contributed by atoms with Crippen molar-refractivity contribution in [1.82, 2.24) is 0 Å². The van der Waals surface area contributed by atoms with Crippen molar-refractivity contribution in [2.45, 2.75) is 31.8 Å². The molecule has 0 saturated heterocycles. The first-order valence-corrected chi connectivity index (χ1v) is 12.1. The predicted octanol–water partition coefficient (Wildman–Crippen LogP) is 2.90. The van der Waals surface area contributed by atoms with Crippen molar-refractivity contribution in [3.8, 4) is 11.5 Å². The fraction of sp³-hybridized carbons (Fsp3) is 0.379. The van der Waals surface area contributed by atoms with Gasteiger partial charge in [-0.15, -0.1) is 0 Å². The summed E-state index contributed by atoms with van der Waals surface area (Å²) in [7, 11) is 3.03. The van der Waals surface area contributed by atoms with E-state index in [1.165, 1.54) is 28.1 Å². The quantitative estimate of drug-likeness (QED) is 0.185. The van der Waals surface area contributed by atoms with E-state index in [2.05, 4.69) is 13.2 Å². The summed E-state index contributed by atoms with van der Waals surface area (Å²) in [6.07, 6.45) is -2.00. The van der Waals surface area contributed by atoms with Gasteiger partial charge in [-0.05, 0) is 62.4 Å². The van der Waals surface area contributed by atoms with E-state index in [1.54, 1.807) is 48.5 Å². The Morgan fingerprint density at radius 1 is 0.692 bits per heavy atom. The van der Waals surface area contributed by atoms with Gasteiger partial charge in [-0.2, -0.15) is 0 Å². The van der Waals surface area contributed by atoms with Crippen LogP contribution in [0.5, 0.6) is 11.5 Å². The normalized spacial score (nSPS) is 12.7. The molecule has 39 heavy (non-hydrogen) atoms. The van der Waals surface area contributed by atoms with Crippen molar-refractivity contribution in [3.63, 3.8) is 0 Å². The summed E-state index contributed by atoms with van der Waals surface area (Å²) in [6, 6.07) is 13.9. The minimum absolute atomic E-state index is 0.0744. The van der Waals surface area contributed by atoms with E-state index >= 15 is 0 Å². The topological polar surface area (TPSA) is 130 Å². The van der Waals surface area contributed by atoms with Crippen molar-refractivity contribution in [3.05, 3.63) is 84.0 Å². The van der Waals surface area contributed by atoms with E-state index in [-0.39, 0.29) is 37.6 Å². The van der Waals surface area contributed by atoms with E-state index < -0.39 is 29.9 Å². The van der Waals surface area contributed by atoms with Crippen LogP contribution in [0.2, 0.25) is 0 Å². The molecule has 10 heteroatoms. The van der Waals surface area contributed by atoms with Gasteiger partial charge >= 0.3 is 11.9 Å². The third-order valence-electron chi connectivity index (χ3n) is 5.44. The molecule has 2 atom stereocenters. The van der Waals surface area contributed by atoms with E-state index in [0.717, 1.165) is 0 Å². The summed E-state index contributed by atoms with van der Waals surface area (Å²) in [5.74, 6) is -1.41. The van der Waals surface area contributed by atoms with Crippen LogP contribution >= 0.6 is 0 Å². The molecule has 0 aliphatic rings. The molecule has 0 radical (unpaired) electrons. The van der Waals surface area contributed by atoms with Crippen LogP contribution in [0.4, 0.5) is 0 Å². The lowest BCUT2D eigenvalue weighted by molar-refractivity contribution is -0.183. The van der Waals surface area contributed by atoms with Gasteiger partial charge in [0.15, 0.2) is 0 Å². The fourth-order valence-corrected chi connectivity index (χ4v) is 3.33. The molecular weight excluding hydrogens is 508 g/mol. The second-order valence-electron chi connectivity index (χ2n) is 8.76. The van der Waals surface area contributed by atoms with Crippen LogP contribution in [0.1, 0.15) is 25.0 Å². The van der Waals surface area contributed by atoms with E-state index in [0.29, 0.717) is 22.6 Å². The number of hydrogen-bond acceptors (Lipinski definition) is 10. The number of hydrogen-bond donors (Lipinski definition) is 2. The molecule has 2 rings (SSSR count). The molecule has 2 unspecified atom stereocenters. The van der Waals surface area contributed by atoms with Crippen LogP contribution in [0, 0.1) is 0 Å². The van der Waals surface area contributed by atoms with Gasteiger partial charge in [-0.25, -0.2) is 9.59 Å². The summed E-state index contributed by atoms with van der Waals surface area (Å²) in [5.41, 5.74) is 1.86. The molecule has 0 bridgehead atoms. The maximum absolute atomic E-state index is 11.4. The second-order valence-corrected chi connectivity index (χ2v) is 8.76. The number of rotatable bonds is 16. The van der Waals surface area contributed by atoms with Gasteiger partial charge in [0.25, 0.3) is 0 Å². The lowest BCUT2D eigenvalue weighted by Crippen LogP contribution is -2.32. The van der Waals surface area contributed by atoms with Crippen LogP contribution in [0.25, 0.3) is 0 Å². The van der Waals surface area contributed by atoms with Crippen LogP contribution < -0.4 is 9.47 Å². The molecule has 0 heterocycles. The van der Waals surface area contributed by atoms with Crippen molar-refractivity contribution in [2.75, 3.05) is 40.6 Å². The van der Waals surface area contributed by atoms with Crippen molar-refractivity contribution >= 4 is 11.9 Å². The first kappa shape index (κ1) is 31.5. The highest BCUT2D eigenvalue weighted by Crippen LogP contribution is 2.35. The zero-order chi connectivity index (χ0) is 29.0. The zero-order valence-electron chi connectivity index (χ0n) is 22.7. The number of esters is 2. The SMILES string of the molecule is C=C(C)C(=O)OCC(O)COc1ccc(C(OC)(OC)c2ccc(OCC(O)COC(=O)C(=C)C)cc2)cc1. The lowest BCUT2D eigenvalue weighted by atomic mass is 9.96. The van der Waals surface area contributed by atoms with E-state index in [1.807, 2.05) is 0 Å². The molecule has 0 aliphatic carbocycles. The molecule has 0 spiro atoms. The molecule has 0 amide bonds. The molecule has 2 N–H and O–H groups in total. The summed E-state index contributed by atoms with van der Waals surface area (Å²) in [5, 5.41) is 20.0. The van der Waals surface area contributed by atoms with Gasteiger partial charge in [-0.1, -0.05) is 13.2 Å². The van der Waals surface area contributed by atoms with Crippen LogP contribution in [-0.2, 0) is 34.3 Å². The Hall–Kier alpha value is -3.70.